The maximum absolute atomic E-state index is 12.9. The van der Waals surface area contributed by atoms with Gasteiger partial charge >= 0.3 is 6.03 Å². The van der Waals surface area contributed by atoms with Crippen LogP contribution in [0.1, 0.15) is 55.8 Å². The van der Waals surface area contributed by atoms with Crippen LogP contribution in [0.4, 0.5) is 10.6 Å². The van der Waals surface area contributed by atoms with Crippen molar-refractivity contribution >= 4 is 11.8 Å². The van der Waals surface area contributed by atoms with Crippen LogP contribution in [0.5, 0.6) is 0 Å². The Balaban J connectivity index is 1.76. The molecule has 1 unspecified atom stereocenters. The van der Waals surface area contributed by atoms with Crippen molar-refractivity contribution in [3.05, 3.63) is 47.2 Å². The van der Waals surface area contributed by atoms with Crippen molar-refractivity contribution in [3.8, 4) is 0 Å². The van der Waals surface area contributed by atoms with Gasteiger partial charge in [0.2, 0.25) is 0 Å². The average molecular weight is 370 g/mol. The molecule has 27 heavy (non-hydrogen) atoms. The molecule has 0 bridgehead atoms. The first kappa shape index (κ1) is 19.4. The number of aliphatic hydroxyl groups is 1. The van der Waals surface area contributed by atoms with Gasteiger partial charge in [0.1, 0.15) is 11.4 Å². The van der Waals surface area contributed by atoms with Crippen molar-refractivity contribution in [2.45, 2.75) is 58.6 Å². The molecular weight excluding hydrogens is 340 g/mol. The van der Waals surface area contributed by atoms with Gasteiger partial charge < -0.3 is 10.0 Å². The molecular formula is C21H30N4O2. The van der Waals surface area contributed by atoms with E-state index in [9.17, 15) is 9.90 Å². The Labute approximate surface area is 161 Å². The van der Waals surface area contributed by atoms with Crippen LogP contribution in [-0.4, -0.2) is 38.9 Å². The van der Waals surface area contributed by atoms with Gasteiger partial charge in [-0.3, -0.25) is 5.32 Å². The molecule has 1 fully saturated rings. The molecule has 1 aliphatic rings. The average Bonchev–Trinajstić information content (AvgIpc) is 3.22. The Kier molecular flexibility index (Phi) is 5.56. The number of carbonyl (C=O) groups is 1. The van der Waals surface area contributed by atoms with E-state index in [0.29, 0.717) is 19.5 Å². The monoisotopic (exact) mass is 370 g/mol. The van der Waals surface area contributed by atoms with Gasteiger partial charge in [-0.25, -0.2) is 9.48 Å². The lowest BCUT2D eigenvalue weighted by Crippen LogP contribution is -2.37. The largest absolute Gasteiger partial charge is 0.383 e. The summed E-state index contributed by atoms with van der Waals surface area (Å²) in [6, 6.07) is 7.91. The molecule has 1 aliphatic heterocycles. The predicted octanol–water partition coefficient (Wildman–Crippen LogP) is 3.99. The summed E-state index contributed by atoms with van der Waals surface area (Å²) in [7, 11) is 0. The highest BCUT2D eigenvalue weighted by Gasteiger charge is 2.40. The SMILES string of the molecule is CCC(CC)n1ncc(C)c1NC(=O)N1CCC(O)(c2ccccc2C)C1. The highest BCUT2D eigenvalue weighted by atomic mass is 16.3. The summed E-state index contributed by atoms with van der Waals surface area (Å²) >= 11 is 0. The number of β-amino-alcohol motifs (C(OH)–C–C–N with tert-alkyl or cyclic N) is 1. The van der Waals surface area contributed by atoms with Crippen molar-refractivity contribution in [2.75, 3.05) is 18.4 Å². The minimum Gasteiger partial charge on any atom is -0.383 e. The van der Waals surface area contributed by atoms with E-state index in [1.54, 1.807) is 11.1 Å². The van der Waals surface area contributed by atoms with E-state index in [1.807, 2.05) is 42.8 Å². The highest BCUT2D eigenvalue weighted by molar-refractivity contribution is 5.89. The van der Waals surface area contributed by atoms with Gasteiger partial charge in [-0.05, 0) is 44.2 Å². The first-order valence-electron chi connectivity index (χ1n) is 9.78. The lowest BCUT2D eigenvalue weighted by molar-refractivity contribution is 0.0494. The molecule has 0 spiro atoms. The molecule has 1 aromatic heterocycles. The fraction of sp³-hybridized carbons (Fsp3) is 0.524. The van der Waals surface area contributed by atoms with Gasteiger partial charge in [0.05, 0.1) is 18.8 Å². The van der Waals surface area contributed by atoms with Gasteiger partial charge in [-0.1, -0.05) is 38.1 Å². The molecule has 2 N–H and O–H groups in total. The molecule has 6 heteroatoms. The van der Waals surface area contributed by atoms with Gasteiger partial charge in [-0.15, -0.1) is 0 Å². The van der Waals surface area contributed by atoms with E-state index in [0.717, 1.165) is 35.3 Å². The molecule has 2 heterocycles. The second kappa shape index (κ2) is 7.72. The molecule has 1 aromatic carbocycles. The second-order valence-electron chi connectivity index (χ2n) is 7.54. The number of aryl methyl sites for hydroxylation is 2. The molecule has 2 aromatic rings. The molecule has 0 saturated carbocycles. The van der Waals surface area contributed by atoms with Gasteiger partial charge in [0.25, 0.3) is 0 Å². The number of hydrogen-bond donors (Lipinski definition) is 2. The zero-order chi connectivity index (χ0) is 19.6. The number of nitrogens with one attached hydrogen (secondary N) is 1. The fourth-order valence-corrected chi connectivity index (χ4v) is 3.98. The van der Waals surface area contributed by atoms with Crippen LogP contribution >= 0.6 is 0 Å². The molecule has 6 nitrogen and oxygen atoms in total. The number of likely N-dealkylation sites (tertiary alicyclic amines) is 1. The number of hydrogen-bond acceptors (Lipinski definition) is 3. The molecule has 0 aliphatic carbocycles. The Morgan fingerprint density at radius 1 is 1.26 bits per heavy atom. The molecule has 1 saturated heterocycles. The minimum absolute atomic E-state index is 0.185. The van der Waals surface area contributed by atoms with Gasteiger partial charge in [0.15, 0.2) is 0 Å². The third-order valence-electron chi connectivity index (χ3n) is 5.67. The normalized spacial score (nSPS) is 19.7. The quantitative estimate of drug-likeness (QED) is 0.836. The van der Waals surface area contributed by atoms with E-state index in [1.165, 1.54) is 0 Å². The molecule has 0 radical (unpaired) electrons. The molecule has 3 rings (SSSR count). The van der Waals surface area contributed by atoms with Gasteiger partial charge in [-0.2, -0.15) is 5.10 Å². The summed E-state index contributed by atoms with van der Waals surface area (Å²) in [6.07, 6.45) is 4.24. The van der Waals surface area contributed by atoms with Crippen LogP contribution in [0.3, 0.4) is 0 Å². The number of rotatable bonds is 5. The lowest BCUT2D eigenvalue weighted by Gasteiger charge is -2.26. The number of carbonyl (C=O) groups excluding carboxylic acids is 1. The van der Waals surface area contributed by atoms with E-state index < -0.39 is 5.60 Å². The van der Waals surface area contributed by atoms with Crippen molar-refractivity contribution in [3.63, 3.8) is 0 Å². The number of urea groups is 1. The summed E-state index contributed by atoms with van der Waals surface area (Å²) in [5, 5.41) is 18.6. The van der Waals surface area contributed by atoms with E-state index in [2.05, 4.69) is 24.3 Å². The van der Waals surface area contributed by atoms with Crippen LogP contribution < -0.4 is 5.32 Å². The zero-order valence-corrected chi connectivity index (χ0v) is 16.7. The molecule has 2 amide bonds. The first-order valence-corrected chi connectivity index (χ1v) is 9.78. The molecule has 146 valence electrons. The van der Waals surface area contributed by atoms with Crippen LogP contribution in [-0.2, 0) is 5.60 Å². The zero-order valence-electron chi connectivity index (χ0n) is 16.7. The van der Waals surface area contributed by atoms with Crippen molar-refractivity contribution in [2.24, 2.45) is 0 Å². The Morgan fingerprint density at radius 2 is 1.96 bits per heavy atom. The molecule has 1 atom stereocenters. The number of anilines is 1. The Hall–Kier alpha value is -2.34. The number of nitrogens with zero attached hydrogens (tertiary/aromatic N) is 3. The van der Waals surface area contributed by atoms with Crippen molar-refractivity contribution in [1.82, 2.24) is 14.7 Å². The van der Waals surface area contributed by atoms with Crippen LogP contribution in [0.15, 0.2) is 30.5 Å². The Morgan fingerprint density at radius 3 is 2.63 bits per heavy atom. The summed E-state index contributed by atoms with van der Waals surface area (Å²) in [4.78, 5) is 14.6. The number of benzene rings is 1. The predicted molar refractivity (Wildman–Crippen MR) is 107 cm³/mol. The smallest absolute Gasteiger partial charge is 0.323 e. The van der Waals surface area contributed by atoms with Crippen molar-refractivity contribution < 1.29 is 9.90 Å². The lowest BCUT2D eigenvalue weighted by atomic mass is 9.89. The summed E-state index contributed by atoms with van der Waals surface area (Å²) in [5.41, 5.74) is 1.90. The van der Waals surface area contributed by atoms with E-state index in [4.69, 9.17) is 0 Å². The summed E-state index contributed by atoms with van der Waals surface area (Å²) in [6.45, 7) is 9.01. The summed E-state index contributed by atoms with van der Waals surface area (Å²) < 4.78 is 1.91. The summed E-state index contributed by atoms with van der Waals surface area (Å²) in [5.74, 6) is 0.750. The van der Waals surface area contributed by atoms with Crippen molar-refractivity contribution in [1.29, 1.82) is 0 Å². The third kappa shape index (κ3) is 3.72. The standard InChI is InChI=1S/C21H30N4O2/c1-5-17(6-2)25-19(16(4)13-22-25)23-20(26)24-12-11-21(27,14-24)18-10-8-7-9-15(18)3/h7-10,13,17,27H,5-6,11-12,14H2,1-4H3,(H,23,26). The van der Waals surface area contributed by atoms with Gasteiger partial charge in [0, 0.05) is 12.1 Å². The fourth-order valence-electron chi connectivity index (χ4n) is 3.98. The first-order chi connectivity index (χ1) is 12.9. The minimum atomic E-state index is -0.993. The highest BCUT2D eigenvalue weighted by Crippen LogP contribution is 2.34. The van der Waals surface area contributed by atoms with Crippen LogP contribution in [0.25, 0.3) is 0 Å². The topological polar surface area (TPSA) is 70.4 Å². The third-order valence-corrected chi connectivity index (χ3v) is 5.67. The van der Waals surface area contributed by atoms with E-state index >= 15 is 0 Å². The maximum Gasteiger partial charge on any atom is 0.323 e. The maximum atomic E-state index is 12.9. The van der Waals surface area contributed by atoms with Crippen LogP contribution in [0, 0.1) is 13.8 Å². The number of aromatic nitrogens is 2. The second-order valence-corrected chi connectivity index (χ2v) is 7.54. The number of amides is 2. The Bertz CT molecular complexity index is 812. The van der Waals surface area contributed by atoms with E-state index in [-0.39, 0.29) is 12.1 Å². The van der Waals surface area contributed by atoms with Crippen LogP contribution in [0.2, 0.25) is 0 Å².